The van der Waals surface area contributed by atoms with Gasteiger partial charge in [-0.25, -0.2) is 0 Å². The van der Waals surface area contributed by atoms with E-state index in [2.05, 4.69) is 5.10 Å². The van der Waals surface area contributed by atoms with Crippen LogP contribution in [0.25, 0.3) is 0 Å². The Morgan fingerprint density at radius 2 is 2.32 bits per heavy atom. The number of nitrogens with two attached hydrogens (primary N) is 1. The lowest BCUT2D eigenvalue weighted by atomic mass is 9.95. The first-order valence-corrected chi connectivity index (χ1v) is 6.26. The molecule has 5 nitrogen and oxygen atoms in total. The Morgan fingerprint density at radius 1 is 1.47 bits per heavy atom. The maximum atomic E-state index is 6.22. The van der Waals surface area contributed by atoms with Gasteiger partial charge in [-0.15, -0.1) is 0 Å². The molecule has 2 heterocycles. The summed E-state index contributed by atoms with van der Waals surface area (Å²) in [5, 5.41) is 4.18. The smallest absolute Gasteiger partial charge is 0.129 e. The van der Waals surface area contributed by atoms with Gasteiger partial charge in [-0.1, -0.05) is 6.07 Å². The van der Waals surface area contributed by atoms with Gasteiger partial charge in [0.1, 0.15) is 17.6 Å². The molecule has 0 fully saturated rings. The molecular weight excluding hydrogens is 242 g/mol. The Hall–Kier alpha value is -2.01. The Kier molecular flexibility index (Phi) is 2.91. The Balaban J connectivity index is 1.93. The Morgan fingerprint density at radius 3 is 3.00 bits per heavy atom. The number of nitrogens with zero attached hydrogens (tertiary/aromatic N) is 2. The summed E-state index contributed by atoms with van der Waals surface area (Å²) in [7, 11) is 3.53. The summed E-state index contributed by atoms with van der Waals surface area (Å²) in [4.78, 5) is 0. The second kappa shape index (κ2) is 4.59. The lowest BCUT2D eigenvalue weighted by Crippen LogP contribution is -2.23. The fourth-order valence-electron chi connectivity index (χ4n) is 2.42. The van der Waals surface area contributed by atoms with Crippen LogP contribution in [0.1, 0.15) is 29.7 Å². The van der Waals surface area contributed by atoms with Crippen LogP contribution in [0.4, 0.5) is 0 Å². The summed E-state index contributed by atoms with van der Waals surface area (Å²) in [6.45, 7) is 0. The van der Waals surface area contributed by atoms with Crippen LogP contribution in [0.3, 0.4) is 0 Å². The third-order valence-electron chi connectivity index (χ3n) is 3.45. The summed E-state index contributed by atoms with van der Waals surface area (Å²) in [6, 6.07) is 5.74. The number of methoxy groups -OCH3 is 1. The number of aromatic nitrogens is 2. The topological polar surface area (TPSA) is 62.3 Å². The molecule has 2 N–H and O–H groups in total. The highest BCUT2D eigenvalue weighted by molar-refractivity contribution is 5.44. The van der Waals surface area contributed by atoms with Crippen LogP contribution in [0.15, 0.2) is 30.6 Å². The van der Waals surface area contributed by atoms with E-state index < -0.39 is 0 Å². The van der Waals surface area contributed by atoms with E-state index in [9.17, 15) is 0 Å². The van der Waals surface area contributed by atoms with E-state index in [1.54, 1.807) is 11.8 Å². The SMILES string of the molecule is COc1ccc2c(c1)OC(c1cnn(C)c1)C[C@H]2N. The molecule has 2 atom stereocenters. The van der Waals surface area contributed by atoms with Gasteiger partial charge in [-0.2, -0.15) is 5.10 Å². The number of aryl methyl sites for hydroxylation is 1. The summed E-state index contributed by atoms with van der Waals surface area (Å²) in [6.07, 6.45) is 4.49. The first kappa shape index (κ1) is 12.0. The molecule has 0 saturated heterocycles. The number of benzene rings is 1. The summed E-state index contributed by atoms with van der Waals surface area (Å²) in [5.74, 6) is 1.57. The minimum absolute atomic E-state index is 0.0279. The van der Waals surface area contributed by atoms with Gasteiger partial charge in [0.25, 0.3) is 0 Å². The van der Waals surface area contributed by atoms with Crippen LogP contribution in [-0.2, 0) is 7.05 Å². The van der Waals surface area contributed by atoms with E-state index in [-0.39, 0.29) is 12.1 Å². The predicted octanol–water partition coefficient (Wildman–Crippen LogP) is 1.95. The molecule has 0 spiro atoms. The fraction of sp³-hybridized carbons (Fsp3) is 0.357. The zero-order valence-corrected chi connectivity index (χ0v) is 11.0. The van der Waals surface area contributed by atoms with Gasteiger partial charge in [0.2, 0.25) is 0 Å². The van der Waals surface area contributed by atoms with Crippen LogP contribution in [0.5, 0.6) is 11.5 Å². The zero-order chi connectivity index (χ0) is 13.4. The molecule has 0 radical (unpaired) electrons. The summed E-state index contributed by atoms with van der Waals surface area (Å²) >= 11 is 0. The van der Waals surface area contributed by atoms with Gasteiger partial charge in [-0.05, 0) is 6.07 Å². The van der Waals surface area contributed by atoms with Crippen molar-refractivity contribution in [1.82, 2.24) is 9.78 Å². The van der Waals surface area contributed by atoms with E-state index in [1.807, 2.05) is 37.6 Å². The van der Waals surface area contributed by atoms with Crippen molar-refractivity contribution in [3.63, 3.8) is 0 Å². The second-order valence-electron chi connectivity index (χ2n) is 4.80. The lowest BCUT2D eigenvalue weighted by Gasteiger charge is -2.30. The van der Waals surface area contributed by atoms with Crippen molar-refractivity contribution in [3.05, 3.63) is 41.7 Å². The molecule has 0 aliphatic carbocycles. The highest BCUT2D eigenvalue weighted by Gasteiger charge is 2.28. The molecule has 0 saturated carbocycles. The van der Waals surface area contributed by atoms with E-state index in [1.165, 1.54) is 0 Å². The second-order valence-corrected chi connectivity index (χ2v) is 4.80. The van der Waals surface area contributed by atoms with E-state index >= 15 is 0 Å². The van der Waals surface area contributed by atoms with Crippen molar-refractivity contribution in [3.8, 4) is 11.5 Å². The molecule has 19 heavy (non-hydrogen) atoms. The summed E-state index contributed by atoms with van der Waals surface area (Å²) < 4.78 is 13.0. The molecule has 1 unspecified atom stereocenters. The third-order valence-corrected chi connectivity index (χ3v) is 3.45. The maximum absolute atomic E-state index is 6.22. The quantitative estimate of drug-likeness (QED) is 0.895. The fourth-order valence-corrected chi connectivity index (χ4v) is 2.42. The average molecular weight is 259 g/mol. The number of fused-ring (bicyclic) bond motifs is 1. The minimum Gasteiger partial charge on any atom is -0.497 e. The molecule has 3 rings (SSSR count). The Labute approximate surface area is 111 Å². The lowest BCUT2D eigenvalue weighted by molar-refractivity contribution is 0.161. The maximum Gasteiger partial charge on any atom is 0.129 e. The van der Waals surface area contributed by atoms with E-state index in [0.717, 1.165) is 29.0 Å². The van der Waals surface area contributed by atoms with Crippen LogP contribution in [-0.4, -0.2) is 16.9 Å². The van der Waals surface area contributed by atoms with E-state index in [4.69, 9.17) is 15.2 Å². The predicted molar refractivity (Wildman–Crippen MR) is 71.1 cm³/mol. The number of rotatable bonds is 2. The molecular formula is C14H17N3O2. The molecule has 1 aromatic carbocycles. The van der Waals surface area contributed by atoms with Gasteiger partial charge >= 0.3 is 0 Å². The minimum atomic E-state index is -0.0525. The Bertz CT molecular complexity index is 594. The molecule has 100 valence electrons. The molecule has 0 amide bonds. The van der Waals surface area contributed by atoms with Crippen molar-refractivity contribution in [2.24, 2.45) is 12.8 Å². The standard InChI is InChI=1S/C14H17N3O2/c1-17-8-9(7-16-17)13-6-12(15)11-4-3-10(18-2)5-14(11)19-13/h3-5,7-8,12-13H,6,15H2,1-2H3/t12-,13?/m1/s1. The third kappa shape index (κ3) is 2.17. The molecule has 1 aromatic heterocycles. The van der Waals surface area contributed by atoms with Crippen LogP contribution >= 0.6 is 0 Å². The summed E-state index contributed by atoms with van der Waals surface area (Å²) in [5.41, 5.74) is 8.30. The first-order valence-electron chi connectivity index (χ1n) is 6.26. The average Bonchev–Trinajstić information content (AvgIpc) is 2.84. The van der Waals surface area contributed by atoms with Gasteiger partial charge < -0.3 is 15.2 Å². The van der Waals surface area contributed by atoms with Gasteiger partial charge in [0.15, 0.2) is 0 Å². The molecule has 1 aliphatic heterocycles. The number of hydrogen-bond donors (Lipinski definition) is 1. The largest absolute Gasteiger partial charge is 0.497 e. The van der Waals surface area contributed by atoms with Gasteiger partial charge in [-0.3, -0.25) is 4.68 Å². The monoisotopic (exact) mass is 259 g/mol. The van der Waals surface area contributed by atoms with Gasteiger partial charge in [0, 0.05) is 42.9 Å². The highest BCUT2D eigenvalue weighted by Crippen LogP contribution is 2.41. The molecule has 2 aromatic rings. The molecule has 1 aliphatic rings. The molecule has 0 bridgehead atoms. The van der Waals surface area contributed by atoms with E-state index in [0.29, 0.717) is 0 Å². The van der Waals surface area contributed by atoms with Crippen molar-refractivity contribution >= 4 is 0 Å². The van der Waals surface area contributed by atoms with Gasteiger partial charge in [0.05, 0.1) is 13.3 Å². The zero-order valence-electron chi connectivity index (χ0n) is 11.0. The van der Waals surface area contributed by atoms with Crippen molar-refractivity contribution < 1.29 is 9.47 Å². The normalized spacial score (nSPS) is 21.6. The first-order chi connectivity index (χ1) is 9.17. The van der Waals surface area contributed by atoms with Crippen LogP contribution < -0.4 is 15.2 Å². The highest BCUT2D eigenvalue weighted by atomic mass is 16.5. The van der Waals surface area contributed by atoms with Crippen molar-refractivity contribution in [1.29, 1.82) is 0 Å². The van der Waals surface area contributed by atoms with Crippen molar-refractivity contribution in [2.75, 3.05) is 7.11 Å². The van der Waals surface area contributed by atoms with Crippen molar-refractivity contribution in [2.45, 2.75) is 18.6 Å². The van der Waals surface area contributed by atoms with Crippen LogP contribution in [0.2, 0.25) is 0 Å². The van der Waals surface area contributed by atoms with Crippen LogP contribution in [0, 0.1) is 0 Å². The number of hydrogen-bond acceptors (Lipinski definition) is 4. The number of ether oxygens (including phenoxy) is 2. The molecule has 5 heteroatoms.